The fraction of sp³-hybridized carbons (Fsp3) is 0.562. The molecule has 0 heterocycles. The lowest BCUT2D eigenvalue weighted by Crippen LogP contribution is -2.41. The quantitative estimate of drug-likeness (QED) is 0.757. The van der Waals surface area contributed by atoms with Crippen molar-refractivity contribution in [1.29, 1.82) is 0 Å². The van der Waals surface area contributed by atoms with Crippen LogP contribution in [0.5, 0.6) is 0 Å². The van der Waals surface area contributed by atoms with Gasteiger partial charge >= 0.3 is 0 Å². The lowest BCUT2D eigenvalue weighted by atomic mass is 9.98. The van der Waals surface area contributed by atoms with E-state index in [9.17, 15) is 4.79 Å². The van der Waals surface area contributed by atoms with Gasteiger partial charge in [0.2, 0.25) is 5.91 Å². The number of rotatable bonds is 8. The van der Waals surface area contributed by atoms with Gasteiger partial charge in [-0.15, -0.1) is 0 Å². The predicted octanol–water partition coefficient (Wildman–Crippen LogP) is 2.81. The van der Waals surface area contributed by atoms with Gasteiger partial charge in [-0.3, -0.25) is 4.79 Å². The fourth-order valence-corrected chi connectivity index (χ4v) is 2.05. The van der Waals surface area contributed by atoms with Crippen LogP contribution >= 0.6 is 0 Å². The highest BCUT2D eigenvalue weighted by Gasteiger charge is 2.12. The molecule has 0 aromatic heterocycles. The highest BCUT2D eigenvalue weighted by molar-refractivity contribution is 5.81. The van der Waals surface area contributed by atoms with Crippen molar-refractivity contribution in [3.8, 4) is 0 Å². The molecule has 2 unspecified atom stereocenters. The Morgan fingerprint density at radius 1 is 1.26 bits per heavy atom. The first-order chi connectivity index (χ1) is 9.15. The molecule has 3 heteroatoms. The zero-order valence-corrected chi connectivity index (χ0v) is 12.1. The van der Waals surface area contributed by atoms with E-state index in [0.717, 1.165) is 25.7 Å². The molecular weight excluding hydrogens is 236 g/mol. The normalized spacial score (nSPS) is 13.8. The van der Waals surface area contributed by atoms with E-state index in [0.29, 0.717) is 12.5 Å². The van der Waals surface area contributed by atoms with Crippen molar-refractivity contribution >= 4 is 5.91 Å². The first kappa shape index (κ1) is 15.7. The number of hydrogen-bond acceptors (Lipinski definition) is 2. The molecule has 0 bridgehead atoms. The molecule has 3 N–H and O–H groups in total. The second kappa shape index (κ2) is 8.70. The number of amides is 1. The molecule has 106 valence electrons. The minimum atomic E-state index is -0.355. The third-order valence-corrected chi connectivity index (χ3v) is 3.45. The van der Waals surface area contributed by atoms with Crippen molar-refractivity contribution in [2.24, 2.45) is 5.73 Å². The smallest absolute Gasteiger partial charge is 0.236 e. The van der Waals surface area contributed by atoms with Gasteiger partial charge in [-0.2, -0.15) is 0 Å². The Balaban J connectivity index is 2.24. The summed E-state index contributed by atoms with van der Waals surface area (Å²) >= 11 is 0. The Labute approximate surface area is 116 Å². The molecule has 0 aliphatic rings. The van der Waals surface area contributed by atoms with E-state index >= 15 is 0 Å². The minimum absolute atomic E-state index is 0.0197. The van der Waals surface area contributed by atoms with Crippen molar-refractivity contribution in [3.63, 3.8) is 0 Å². The molecular formula is C16H26N2O. The van der Waals surface area contributed by atoms with Gasteiger partial charge in [0.25, 0.3) is 0 Å². The van der Waals surface area contributed by atoms with E-state index in [1.165, 1.54) is 5.56 Å². The van der Waals surface area contributed by atoms with E-state index in [4.69, 9.17) is 5.73 Å². The Bertz CT molecular complexity index is 364. The Kier molecular flexibility index (Phi) is 7.19. The van der Waals surface area contributed by atoms with Gasteiger partial charge < -0.3 is 11.1 Å². The van der Waals surface area contributed by atoms with E-state index in [-0.39, 0.29) is 11.9 Å². The van der Waals surface area contributed by atoms with E-state index in [1.54, 1.807) is 0 Å². The standard InChI is InChI=1S/C16H26N2O/c1-3-4-10-15(17)16(19)18-12-11-13(2)14-8-6-5-7-9-14/h5-9,13,15H,3-4,10-12,17H2,1-2H3,(H,18,19). The van der Waals surface area contributed by atoms with Gasteiger partial charge in [0.05, 0.1) is 6.04 Å². The maximum Gasteiger partial charge on any atom is 0.236 e. The summed E-state index contributed by atoms with van der Waals surface area (Å²) in [4.78, 5) is 11.7. The number of benzene rings is 1. The van der Waals surface area contributed by atoms with Gasteiger partial charge in [-0.25, -0.2) is 0 Å². The molecule has 2 atom stereocenters. The van der Waals surface area contributed by atoms with Gasteiger partial charge in [0.1, 0.15) is 0 Å². The SMILES string of the molecule is CCCCC(N)C(=O)NCCC(C)c1ccccc1. The lowest BCUT2D eigenvalue weighted by Gasteiger charge is -2.15. The van der Waals surface area contributed by atoms with Crippen LogP contribution in [0.25, 0.3) is 0 Å². The van der Waals surface area contributed by atoms with Gasteiger partial charge in [-0.05, 0) is 24.3 Å². The molecule has 1 rings (SSSR count). The van der Waals surface area contributed by atoms with Gasteiger partial charge in [0, 0.05) is 6.54 Å². The number of hydrogen-bond donors (Lipinski definition) is 2. The number of unbranched alkanes of at least 4 members (excludes halogenated alkanes) is 1. The monoisotopic (exact) mass is 262 g/mol. The topological polar surface area (TPSA) is 55.1 Å². The number of nitrogens with one attached hydrogen (secondary N) is 1. The largest absolute Gasteiger partial charge is 0.355 e. The van der Waals surface area contributed by atoms with E-state index in [1.807, 2.05) is 18.2 Å². The van der Waals surface area contributed by atoms with E-state index in [2.05, 4.69) is 31.3 Å². The molecule has 3 nitrogen and oxygen atoms in total. The summed E-state index contributed by atoms with van der Waals surface area (Å²) in [6, 6.07) is 10.0. The summed E-state index contributed by atoms with van der Waals surface area (Å²) in [5, 5.41) is 2.93. The van der Waals surface area contributed by atoms with Crippen molar-refractivity contribution in [3.05, 3.63) is 35.9 Å². The van der Waals surface area contributed by atoms with E-state index < -0.39 is 0 Å². The van der Waals surface area contributed by atoms with Gasteiger partial charge in [0.15, 0.2) is 0 Å². The molecule has 0 aliphatic carbocycles. The molecule has 0 saturated carbocycles. The van der Waals surface area contributed by atoms with Crippen molar-refractivity contribution in [2.45, 2.75) is 51.5 Å². The highest BCUT2D eigenvalue weighted by Crippen LogP contribution is 2.17. The van der Waals surface area contributed by atoms with Crippen LogP contribution in [0, 0.1) is 0 Å². The van der Waals surface area contributed by atoms with Crippen molar-refractivity contribution in [2.75, 3.05) is 6.54 Å². The maximum absolute atomic E-state index is 11.7. The molecule has 1 aromatic rings. The Morgan fingerprint density at radius 2 is 1.95 bits per heavy atom. The third-order valence-electron chi connectivity index (χ3n) is 3.45. The molecule has 0 radical (unpaired) electrons. The van der Waals surface area contributed by atoms with Crippen LogP contribution in [-0.4, -0.2) is 18.5 Å². The van der Waals surface area contributed by atoms with Gasteiger partial charge in [-0.1, -0.05) is 57.0 Å². The second-order valence-electron chi connectivity index (χ2n) is 5.14. The Hall–Kier alpha value is -1.35. The average Bonchev–Trinajstić information content (AvgIpc) is 2.45. The molecule has 19 heavy (non-hydrogen) atoms. The summed E-state index contributed by atoms with van der Waals surface area (Å²) < 4.78 is 0. The van der Waals surface area contributed by atoms with Crippen molar-refractivity contribution < 1.29 is 4.79 Å². The fourth-order valence-electron chi connectivity index (χ4n) is 2.05. The second-order valence-corrected chi connectivity index (χ2v) is 5.14. The minimum Gasteiger partial charge on any atom is -0.355 e. The zero-order valence-electron chi connectivity index (χ0n) is 12.1. The predicted molar refractivity (Wildman–Crippen MR) is 80.0 cm³/mol. The summed E-state index contributed by atoms with van der Waals surface area (Å²) in [6.45, 7) is 4.97. The molecule has 1 aromatic carbocycles. The Morgan fingerprint density at radius 3 is 2.58 bits per heavy atom. The van der Waals surface area contributed by atoms with Crippen LogP contribution in [0.2, 0.25) is 0 Å². The molecule has 0 fully saturated rings. The molecule has 0 aliphatic heterocycles. The first-order valence-corrected chi connectivity index (χ1v) is 7.23. The molecule has 1 amide bonds. The summed E-state index contributed by atoms with van der Waals surface area (Å²) in [6.07, 6.45) is 3.80. The first-order valence-electron chi connectivity index (χ1n) is 7.23. The number of carbonyl (C=O) groups is 1. The number of nitrogens with two attached hydrogens (primary N) is 1. The van der Waals surface area contributed by atoms with Crippen LogP contribution < -0.4 is 11.1 Å². The van der Waals surface area contributed by atoms with Crippen LogP contribution in [-0.2, 0) is 4.79 Å². The molecule has 0 spiro atoms. The average molecular weight is 262 g/mol. The molecule has 0 saturated heterocycles. The van der Waals surface area contributed by atoms with Crippen LogP contribution in [0.1, 0.15) is 51.0 Å². The summed E-state index contributed by atoms with van der Waals surface area (Å²) in [5.74, 6) is 0.432. The van der Waals surface area contributed by atoms with Crippen LogP contribution in [0.3, 0.4) is 0 Å². The maximum atomic E-state index is 11.7. The number of carbonyl (C=O) groups excluding carboxylic acids is 1. The lowest BCUT2D eigenvalue weighted by molar-refractivity contribution is -0.122. The third kappa shape index (κ3) is 5.88. The summed E-state index contributed by atoms with van der Waals surface area (Å²) in [7, 11) is 0. The van der Waals surface area contributed by atoms with Crippen molar-refractivity contribution in [1.82, 2.24) is 5.32 Å². The van der Waals surface area contributed by atoms with Crippen LogP contribution in [0.15, 0.2) is 30.3 Å². The zero-order chi connectivity index (χ0) is 14.1. The van der Waals surface area contributed by atoms with Crippen LogP contribution in [0.4, 0.5) is 0 Å². The summed E-state index contributed by atoms with van der Waals surface area (Å²) in [5.41, 5.74) is 7.13. The highest BCUT2D eigenvalue weighted by atomic mass is 16.2.